The molecule has 0 fully saturated rings. The zero-order valence-electron chi connectivity index (χ0n) is 30.6. The molecule has 0 amide bonds. The van der Waals surface area contributed by atoms with E-state index in [1.165, 1.54) is 71.4 Å². The molecule has 56 heavy (non-hydrogen) atoms. The Morgan fingerprint density at radius 2 is 0.946 bits per heavy atom. The Kier molecular flexibility index (Phi) is 5.71. The average Bonchev–Trinajstić information content (AvgIpc) is 3.98. The van der Waals surface area contributed by atoms with Crippen molar-refractivity contribution in [3.63, 3.8) is 0 Å². The summed E-state index contributed by atoms with van der Waals surface area (Å²) >= 11 is 0. The Hall–Kier alpha value is -7.37. The third-order valence-corrected chi connectivity index (χ3v) is 12.6. The smallest absolute Gasteiger partial charge is 0.212 e. The fourth-order valence-electron chi connectivity index (χ4n) is 10.4. The summed E-state index contributed by atoms with van der Waals surface area (Å²) in [6, 6.07) is 66.8. The van der Waals surface area contributed by atoms with Crippen LogP contribution in [-0.4, -0.2) is 25.7 Å². The van der Waals surface area contributed by atoms with Crippen LogP contribution in [0.1, 0.15) is 16.7 Å². The van der Waals surface area contributed by atoms with E-state index in [0.717, 1.165) is 34.0 Å². The van der Waals surface area contributed by atoms with E-state index in [9.17, 15) is 0 Å². The van der Waals surface area contributed by atoms with Crippen LogP contribution < -0.4 is 4.90 Å². The molecule has 0 bridgehead atoms. The topological polar surface area (TPSA) is 30.9 Å². The van der Waals surface area contributed by atoms with E-state index < -0.39 is 5.54 Å². The van der Waals surface area contributed by atoms with Gasteiger partial charge in [0.2, 0.25) is 5.95 Å². The molecule has 1 aliphatic carbocycles. The average molecular weight is 716 g/mol. The number of benzene rings is 8. The molecule has 8 aromatic carbocycles. The molecule has 13 rings (SSSR count). The van der Waals surface area contributed by atoms with Gasteiger partial charge in [-0.25, -0.2) is 4.98 Å². The summed E-state index contributed by atoms with van der Waals surface area (Å²) in [6.07, 6.45) is 0. The molecule has 0 atom stereocenters. The zero-order chi connectivity index (χ0) is 36.7. The fraction of sp³-hybridized carbons (Fsp3) is 0.0392. The first-order chi connectivity index (χ1) is 27.7. The van der Waals surface area contributed by atoms with Gasteiger partial charge in [0.05, 0.1) is 38.8 Å². The van der Waals surface area contributed by atoms with Gasteiger partial charge in [-0.15, -0.1) is 0 Å². The van der Waals surface area contributed by atoms with E-state index in [0.29, 0.717) is 0 Å². The molecule has 5 nitrogen and oxygen atoms in total. The summed E-state index contributed by atoms with van der Waals surface area (Å²) in [5, 5.41) is 4.99. The largest absolute Gasteiger partial charge is 0.327 e. The maximum Gasteiger partial charge on any atom is 0.212 e. The molecule has 11 aromatic rings. The van der Waals surface area contributed by atoms with Gasteiger partial charge in [-0.05, 0) is 89.0 Å². The number of fused-ring (bicyclic) bond motifs is 17. The zero-order valence-corrected chi connectivity index (χ0v) is 30.6. The van der Waals surface area contributed by atoms with Gasteiger partial charge in [-0.1, -0.05) is 115 Å². The Balaban J connectivity index is 1.17. The third kappa shape index (κ3) is 3.58. The van der Waals surface area contributed by atoms with Crippen molar-refractivity contribution in [1.82, 2.24) is 18.7 Å². The second kappa shape index (κ2) is 10.6. The van der Waals surface area contributed by atoms with Crippen LogP contribution in [0.2, 0.25) is 0 Å². The van der Waals surface area contributed by atoms with Crippen molar-refractivity contribution in [2.45, 2.75) is 5.54 Å². The second-order valence-electron chi connectivity index (χ2n) is 15.2. The molecule has 0 radical (unpaired) electrons. The highest BCUT2D eigenvalue weighted by molar-refractivity contribution is 6.19. The molecule has 0 N–H and O–H groups in total. The monoisotopic (exact) mass is 715 g/mol. The van der Waals surface area contributed by atoms with E-state index in [4.69, 9.17) is 4.98 Å². The van der Waals surface area contributed by atoms with Gasteiger partial charge in [0.1, 0.15) is 5.54 Å². The first-order valence-electron chi connectivity index (χ1n) is 19.3. The van der Waals surface area contributed by atoms with Crippen molar-refractivity contribution >= 4 is 60.6 Å². The van der Waals surface area contributed by atoms with Crippen molar-refractivity contribution in [3.05, 3.63) is 199 Å². The lowest BCUT2D eigenvalue weighted by atomic mass is 9.77. The molecule has 3 aromatic heterocycles. The van der Waals surface area contributed by atoms with Gasteiger partial charge < -0.3 is 14.0 Å². The number of anilines is 1. The van der Waals surface area contributed by atoms with Crippen LogP contribution in [0.5, 0.6) is 0 Å². The predicted octanol–water partition coefficient (Wildman–Crippen LogP) is 11.9. The van der Waals surface area contributed by atoms with Crippen LogP contribution in [0.25, 0.3) is 82.8 Å². The quantitative estimate of drug-likeness (QED) is 0.178. The second-order valence-corrected chi connectivity index (χ2v) is 15.2. The van der Waals surface area contributed by atoms with Crippen LogP contribution >= 0.6 is 0 Å². The summed E-state index contributed by atoms with van der Waals surface area (Å²) in [4.78, 5) is 7.74. The third-order valence-electron chi connectivity index (χ3n) is 12.6. The van der Waals surface area contributed by atoms with E-state index in [1.54, 1.807) is 0 Å². The van der Waals surface area contributed by atoms with E-state index in [1.807, 2.05) is 0 Å². The number of hydrogen-bond acceptors (Lipinski definition) is 2. The van der Waals surface area contributed by atoms with E-state index in [-0.39, 0.29) is 0 Å². The summed E-state index contributed by atoms with van der Waals surface area (Å²) in [5.41, 5.74) is 16.0. The molecular weight excluding hydrogens is 683 g/mol. The van der Waals surface area contributed by atoms with Crippen molar-refractivity contribution in [2.75, 3.05) is 11.9 Å². The standard InChI is InChI=1S/C51H33N5/c1-53-50-52-43-23-11-14-26-47(43)56(50)46-28-27-33(29-42(46)51(53)40-21-9-5-17-34(40)35-18-6-10-22-41(35)51)55-45-25-13-8-20-37(45)39-30-38-36-19-7-12-24-44(36)54(48(38)31-49(39)55)32-15-3-2-4-16-32/h2-31H,1H3. The molecule has 2 aliphatic rings. The molecule has 0 unspecified atom stereocenters. The highest BCUT2D eigenvalue weighted by Crippen LogP contribution is 2.58. The van der Waals surface area contributed by atoms with Crippen molar-refractivity contribution in [3.8, 4) is 28.2 Å². The molecular formula is C51H33N5. The lowest BCUT2D eigenvalue weighted by molar-refractivity contribution is 0.577. The van der Waals surface area contributed by atoms with Crippen LogP contribution in [0.3, 0.4) is 0 Å². The maximum absolute atomic E-state index is 5.31. The number of hydrogen-bond donors (Lipinski definition) is 0. The fourth-order valence-corrected chi connectivity index (χ4v) is 10.4. The summed E-state index contributed by atoms with van der Waals surface area (Å²) in [5.74, 6) is 0.936. The van der Waals surface area contributed by atoms with Gasteiger partial charge in [-0.2, -0.15) is 0 Å². The molecule has 0 saturated carbocycles. The summed E-state index contributed by atoms with van der Waals surface area (Å²) in [6.45, 7) is 0. The number of para-hydroxylation sites is 5. The first-order valence-corrected chi connectivity index (χ1v) is 19.3. The Morgan fingerprint density at radius 1 is 0.393 bits per heavy atom. The van der Waals surface area contributed by atoms with Gasteiger partial charge in [0.15, 0.2) is 0 Å². The Bertz CT molecular complexity index is 3410. The highest BCUT2D eigenvalue weighted by Gasteiger charge is 2.53. The highest BCUT2D eigenvalue weighted by atomic mass is 15.4. The molecule has 1 spiro atoms. The normalized spacial score (nSPS) is 13.9. The van der Waals surface area contributed by atoms with Crippen LogP contribution in [0, 0.1) is 0 Å². The summed E-state index contributed by atoms with van der Waals surface area (Å²) in [7, 11) is 2.23. The van der Waals surface area contributed by atoms with E-state index in [2.05, 4.69) is 208 Å². The van der Waals surface area contributed by atoms with E-state index >= 15 is 0 Å². The SMILES string of the molecule is CN1c2nc3ccccc3n2-c2ccc(-n3c4ccccc4c4cc5c6ccccc6n(-c6ccccc6)c5cc43)cc2C12c1ccccc1-c1ccccc12. The molecule has 262 valence electrons. The first kappa shape index (κ1) is 30.0. The molecule has 4 heterocycles. The lowest BCUT2D eigenvalue weighted by Gasteiger charge is -2.46. The van der Waals surface area contributed by atoms with Crippen molar-refractivity contribution < 1.29 is 0 Å². The lowest BCUT2D eigenvalue weighted by Crippen LogP contribution is -2.49. The van der Waals surface area contributed by atoms with Crippen molar-refractivity contribution in [2.24, 2.45) is 0 Å². The Labute approximate surface area is 322 Å². The number of nitrogens with zero attached hydrogens (tertiary/aromatic N) is 5. The van der Waals surface area contributed by atoms with Crippen LogP contribution in [0.4, 0.5) is 5.95 Å². The van der Waals surface area contributed by atoms with Crippen LogP contribution in [0.15, 0.2) is 182 Å². The summed E-state index contributed by atoms with van der Waals surface area (Å²) < 4.78 is 7.26. The van der Waals surface area contributed by atoms with Crippen LogP contribution in [-0.2, 0) is 5.54 Å². The van der Waals surface area contributed by atoms with Gasteiger partial charge in [-0.3, -0.25) is 4.57 Å². The number of aromatic nitrogens is 4. The molecule has 1 aliphatic heterocycles. The van der Waals surface area contributed by atoms with Gasteiger partial charge in [0, 0.05) is 45.5 Å². The minimum Gasteiger partial charge on any atom is -0.327 e. The number of imidazole rings is 1. The minimum absolute atomic E-state index is 0.609. The molecule has 0 saturated heterocycles. The van der Waals surface area contributed by atoms with Gasteiger partial charge in [0.25, 0.3) is 0 Å². The Morgan fingerprint density at radius 3 is 1.62 bits per heavy atom. The van der Waals surface area contributed by atoms with Gasteiger partial charge >= 0.3 is 0 Å². The minimum atomic E-state index is -0.609. The maximum atomic E-state index is 5.31. The number of rotatable bonds is 2. The van der Waals surface area contributed by atoms with Crippen molar-refractivity contribution in [1.29, 1.82) is 0 Å². The molecule has 5 heteroatoms. The predicted molar refractivity (Wildman–Crippen MR) is 230 cm³/mol.